The molecule has 0 aliphatic carbocycles. The molecule has 0 bridgehead atoms. The van der Waals surface area contributed by atoms with Crippen molar-refractivity contribution in [2.45, 2.75) is 31.2 Å². The number of hydrogen-bond acceptors (Lipinski definition) is 5. The Morgan fingerprint density at radius 2 is 1.95 bits per heavy atom. The van der Waals surface area contributed by atoms with Gasteiger partial charge >= 0.3 is 0 Å². The summed E-state index contributed by atoms with van der Waals surface area (Å²) < 4.78 is 5.35. The van der Waals surface area contributed by atoms with Gasteiger partial charge in [-0.25, -0.2) is 0 Å². The fourth-order valence-corrected chi connectivity index (χ4v) is 2.46. The van der Waals surface area contributed by atoms with Crippen molar-refractivity contribution in [3.8, 4) is 11.4 Å². The third-order valence-electron chi connectivity index (χ3n) is 3.39. The zero-order chi connectivity index (χ0) is 14.5. The highest BCUT2D eigenvalue weighted by Gasteiger charge is 2.16. The maximum Gasteiger partial charge on any atom is 0.228 e. The number of likely N-dealkylation sites (N-methyl/N-ethyl adjacent to an activating group) is 1. The van der Waals surface area contributed by atoms with E-state index in [2.05, 4.69) is 47.7 Å². The lowest BCUT2D eigenvalue weighted by atomic mass is 10.0. The van der Waals surface area contributed by atoms with Gasteiger partial charge in [0, 0.05) is 22.9 Å². The Morgan fingerprint density at radius 1 is 1.25 bits per heavy atom. The van der Waals surface area contributed by atoms with Gasteiger partial charge in [0.25, 0.3) is 0 Å². The minimum Gasteiger partial charge on any atom is -0.339 e. The summed E-state index contributed by atoms with van der Waals surface area (Å²) in [5.41, 5.74) is 0.989. The van der Waals surface area contributed by atoms with E-state index < -0.39 is 0 Å². The summed E-state index contributed by atoms with van der Waals surface area (Å²) in [4.78, 5) is 5.71. The number of thioether (sulfide) groups is 1. The molecule has 0 amide bonds. The van der Waals surface area contributed by atoms with Crippen LogP contribution < -0.4 is 5.32 Å². The molecule has 1 heterocycles. The average Bonchev–Trinajstić information content (AvgIpc) is 2.93. The largest absolute Gasteiger partial charge is 0.339 e. The highest BCUT2D eigenvalue weighted by atomic mass is 32.2. The van der Waals surface area contributed by atoms with Gasteiger partial charge in [-0.15, -0.1) is 11.8 Å². The van der Waals surface area contributed by atoms with Gasteiger partial charge in [-0.3, -0.25) is 0 Å². The Balaban J connectivity index is 2.11. The van der Waals surface area contributed by atoms with Gasteiger partial charge in [-0.2, -0.15) is 4.98 Å². The van der Waals surface area contributed by atoms with E-state index in [4.69, 9.17) is 4.52 Å². The second kappa shape index (κ2) is 6.90. The van der Waals surface area contributed by atoms with Crippen LogP contribution in [-0.4, -0.2) is 29.5 Å². The van der Waals surface area contributed by atoms with Crippen LogP contribution in [0, 0.1) is 5.92 Å². The number of nitrogens with zero attached hydrogens (tertiary/aromatic N) is 2. The Labute approximate surface area is 124 Å². The molecule has 0 aliphatic rings. The van der Waals surface area contributed by atoms with Gasteiger partial charge in [0.1, 0.15) is 0 Å². The first-order valence-electron chi connectivity index (χ1n) is 6.78. The molecule has 1 aromatic heterocycles. The molecule has 0 fully saturated rings. The first kappa shape index (κ1) is 15.1. The quantitative estimate of drug-likeness (QED) is 0.828. The second-order valence-electron chi connectivity index (χ2n) is 5.08. The average molecular weight is 291 g/mol. The molecular weight excluding hydrogens is 270 g/mol. The van der Waals surface area contributed by atoms with Crippen molar-refractivity contribution in [3.63, 3.8) is 0 Å². The predicted octanol–water partition coefficient (Wildman–Crippen LogP) is 3.25. The Kier molecular flexibility index (Phi) is 5.20. The van der Waals surface area contributed by atoms with E-state index in [1.54, 1.807) is 11.8 Å². The van der Waals surface area contributed by atoms with Crippen LogP contribution in [-0.2, 0) is 6.42 Å². The molecule has 1 aromatic carbocycles. The summed E-state index contributed by atoms with van der Waals surface area (Å²) in [6, 6.07) is 8.54. The summed E-state index contributed by atoms with van der Waals surface area (Å²) in [7, 11) is 1.96. The number of nitrogens with one attached hydrogen (secondary N) is 1. The van der Waals surface area contributed by atoms with Gasteiger partial charge in [-0.1, -0.05) is 19.0 Å². The van der Waals surface area contributed by atoms with Crippen LogP contribution in [0.4, 0.5) is 0 Å². The molecule has 1 unspecified atom stereocenters. The van der Waals surface area contributed by atoms with Crippen molar-refractivity contribution in [3.05, 3.63) is 30.2 Å². The van der Waals surface area contributed by atoms with Crippen molar-refractivity contribution >= 4 is 11.8 Å². The molecular formula is C15H21N3OS. The lowest BCUT2D eigenvalue weighted by Gasteiger charge is -2.17. The molecule has 2 aromatic rings. The predicted molar refractivity (Wildman–Crippen MR) is 82.9 cm³/mol. The summed E-state index contributed by atoms with van der Waals surface area (Å²) in [5, 5.41) is 7.35. The summed E-state index contributed by atoms with van der Waals surface area (Å²) in [6.45, 7) is 4.36. The highest BCUT2D eigenvalue weighted by molar-refractivity contribution is 7.98. The van der Waals surface area contributed by atoms with E-state index >= 15 is 0 Å². The van der Waals surface area contributed by atoms with Crippen LogP contribution in [0.3, 0.4) is 0 Å². The summed E-state index contributed by atoms with van der Waals surface area (Å²) in [5.74, 6) is 1.87. The fourth-order valence-electron chi connectivity index (χ4n) is 2.05. The minimum atomic E-state index is 0.349. The molecule has 0 spiro atoms. The molecule has 108 valence electrons. The van der Waals surface area contributed by atoms with Gasteiger partial charge in [0.05, 0.1) is 0 Å². The van der Waals surface area contributed by atoms with Gasteiger partial charge in [-0.05, 0) is 43.5 Å². The van der Waals surface area contributed by atoms with Gasteiger partial charge in [0.2, 0.25) is 11.7 Å². The van der Waals surface area contributed by atoms with Crippen LogP contribution in [0.25, 0.3) is 11.4 Å². The molecule has 5 heteroatoms. The topological polar surface area (TPSA) is 51.0 Å². The molecule has 1 atom stereocenters. The van der Waals surface area contributed by atoms with E-state index in [0.29, 0.717) is 23.7 Å². The Bertz CT molecular complexity index is 536. The zero-order valence-corrected chi connectivity index (χ0v) is 13.2. The van der Waals surface area contributed by atoms with E-state index in [1.807, 2.05) is 19.2 Å². The monoisotopic (exact) mass is 291 g/mol. The normalized spacial score (nSPS) is 12.8. The molecule has 0 saturated heterocycles. The highest BCUT2D eigenvalue weighted by Crippen LogP contribution is 2.21. The maximum absolute atomic E-state index is 5.35. The van der Waals surface area contributed by atoms with E-state index in [1.165, 1.54) is 4.90 Å². The standard InChI is InChI=1S/C15H21N3OS/c1-10(2)13(16-3)9-14-17-15(18-19-14)11-5-7-12(20-4)8-6-11/h5-8,10,13,16H,9H2,1-4H3. The van der Waals surface area contributed by atoms with E-state index in [-0.39, 0.29) is 0 Å². The lowest BCUT2D eigenvalue weighted by molar-refractivity contribution is 0.335. The van der Waals surface area contributed by atoms with E-state index in [9.17, 15) is 0 Å². The fraction of sp³-hybridized carbons (Fsp3) is 0.467. The lowest BCUT2D eigenvalue weighted by Crippen LogP contribution is -2.32. The molecule has 4 nitrogen and oxygen atoms in total. The smallest absolute Gasteiger partial charge is 0.228 e. The van der Waals surface area contributed by atoms with Crippen molar-refractivity contribution < 1.29 is 4.52 Å². The van der Waals surface area contributed by atoms with E-state index in [0.717, 1.165) is 12.0 Å². The van der Waals surface area contributed by atoms with Crippen LogP contribution in [0.15, 0.2) is 33.7 Å². The Hall–Kier alpha value is -1.33. The number of hydrogen-bond donors (Lipinski definition) is 1. The Morgan fingerprint density at radius 3 is 2.50 bits per heavy atom. The van der Waals surface area contributed by atoms with Crippen LogP contribution in [0.2, 0.25) is 0 Å². The minimum absolute atomic E-state index is 0.349. The maximum atomic E-state index is 5.35. The molecule has 20 heavy (non-hydrogen) atoms. The molecule has 2 rings (SSSR count). The van der Waals surface area contributed by atoms with Crippen molar-refractivity contribution in [1.82, 2.24) is 15.5 Å². The molecule has 0 saturated carbocycles. The van der Waals surface area contributed by atoms with Gasteiger partial charge in [0.15, 0.2) is 0 Å². The van der Waals surface area contributed by atoms with Crippen LogP contribution in [0.5, 0.6) is 0 Å². The zero-order valence-electron chi connectivity index (χ0n) is 12.4. The van der Waals surface area contributed by atoms with Crippen molar-refractivity contribution in [1.29, 1.82) is 0 Å². The van der Waals surface area contributed by atoms with Gasteiger partial charge < -0.3 is 9.84 Å². The van der Waals surface area contributed by atoms with Crippen molar-refractivity contribution in [2.75, 3.05) is 13.3 Å². The number of benzene rings is 1. The second-order valence-corrected chi connectivity index (χ2v) is 5.96. The summed E-state index contributed by atoms with van der Waals surface area (Å²) >= 11 is 1.72. The molecule has 1 N–H and O–H groups in total. The summed E-state index contributed by atoms with van der Waals surface area (Å²) in [6.07, 6.45) is 2.81. The van der Waals surface area contributed by atoms with Crippen LogP contribution in [0.1, 0.15) is 19.7 Å². The number of aromatic nitrogens is 2. The number of rotatable bonds is 6. The van der Waals surface area contributed by atoms with Crippen LogP contribution >= 0.6 is 11.8 Å². The van der Waals surface area contributed by atoms with Crippen molar-refractivity contribution in [2.24, 2.45) is 5.92 Å². The molecule has 0 aliphatic heterocycles. The SMILES string of the molecule is CNC(Cc1nc(-c2ccc(SC)cc2)no1)C(C)C. The first-order valence-corrected chi connectivity index (χ1v) is 8.00. The molecule has 0 radical (unpaired) electrons. The third kappa shape index (κ3) is 3.61. The third-order valence-corrected chi connectivity index (χ3v) is 4.13. The first-order chi connectivity index (χ1) is 9.63.